The molecule has 0 bridgehead atoms. The predicted molar refractivity (Wildman–Crippen MR) is 64.4 cm³/mol. The monoisotopic (exact) mass is 190 g/mol. The van der Waals surface area contributed by atoms with Gasteiger partial charge in [0.05, 0.1) is 0 Å². The van der Waals surface area contributed by atoms with E-state index in [2.05, 4.69) is 17.3 Å². The zero-order valence-corrected chi connectivity index (χ0v) is 10.8. The molecule has 1 aliphatic rings. The first-order chi connectivity index (χ1) is 6.39. The first kappa shape index (κ1) is 18.7. The average Bonchev–Trinajstić information content (AvgIpc) is 2.28. The molecule has 0 aromatic heterocycles. The van der Waals surface area contributed by atoms with E-state index in [0.29, 0.717) is 0 Å². The highest BCUT2D eigenvalue weighted by atomic mass is 15.2. The Balaban J connectivity index is -0.000000144. The third-order valence-corrected chi connectivity index (χ3v) is 1.34. The molecule has 1 heterocycles. The lowest BCUT2D eigenvalue weighted by atomic mass is 10.4. The van der Waals surface area contributed by atoms with Crippen LogP contribution in [0.2, 0.25) is 0 Å². The van der Waals surface area contributed by atoms with Crippen molar-refractivity contribution in [2.24, 2.45) is 0 Å². The third kappa shape index (κ3) is 18.7. The maximum absolute atomic E-state index is 3.27. The topological polar surface area (TPSA) is 15.3 Å². The normalized spacial score (nSPS) is 15.0. The van der Waals surface area contributed by atoms with Crippen LogP contribution in [0.25, 0.3) is 0 Å². The smallest absolute Gasteiger partial charge is 0.0104 e. The molecular weight excluding hydrogens is 160 g/mol. The van der Waals surface area contributed by atoms with E-state index in [1.165, 1.54) is 13.1 Å². The number of nitrogens with one attached hydrogen (secondary N) is 1. The molecule has 0 atom stereocenters. The maximum Gasteiger partial charge on any atom is 0.0104 e. The zero-order chi connectivity index (χ0) is 11.1. The fourth-order valence-corrected chi connectivity index (χ4v) is 0.777. The Hall–Kier alpha value is -0.0800. The molecule has 2 nitrogen and oxygen atoms in total. The molecule has 0 aromatic rings. The minimum atomic E-state index is 1.16. The molecule has 0 aliphatic carbocycles. The summed E-state index contributed by atoms with van der Waals surface area (Å²) in [5.41, 5.74) is 0. The van der Waals surface area contributed by atoms with E-state index in [0.717, 1.165) is 13.1 Å². The van der Waals surface area contributed by atoms with E-state index >= 15 is 0 Å². The summed E-state index contributed by atoms with van der Waals surface area (Å²) in [5, 5.41) is 3.27. The van der Waals surface area contributed by atoms with Gasteiger partial charge in [-0.3, -0.25) is 0 Å². The van der Waals surface area contributed by atoms with Crippen LogP contribution >= 0.6 is 0 Å². The van der Waals surface area contributed by atoms with E-state index in [9.17, 15) is 0 Å². The summed E-state index contributed by atoms with van der Waals surface area (Å²) in [7, 11) is 2.15. The van der Waals surface area contributed by atoms with Crippen molar-refractivity contribution >= 4 is 0 Å². The van der Waals surface area contributed by atoms with Crippen LogP contribution in [0.1, 0.15) is 41.5 Å². The molecule has 0 saturated carbocycles. The Bertz CT molecular complexity index is 50.1. The quantitative estimate of drug-likeness (QED) is 0.631. The number of likely N-dealkylation sites (N-methyl/N-ethyl adjacent to an activating group) is 1. The molecule has 2 heteroatoms. The minimum Gasteiger partial charge on any atom is -0.314 e. The van der Waals surface area contributed by atoms with Gasteiger partial charge in [-0.25, -0.2) is 0 Å². The van der Waals surface area contributed by atoms with Gasteiger partial charge in [-0.15, -0.1) is 0 Å². The number of hydrogen-bond acceptors (Lipinski definition) is 2. The summed E-state index contributed by atoms with van der Waals surface area (Å²) in [4.78, 5) is 2.33. The van der Waals surface area contributed by atoms with Crippen molar-refractivity contribution in [3.63, 3.8) is 0 Å². The Labute approximate surface area is 85.7 Å². The van der Waals surface area contributed by atoms with Gasteiger partial charge >= 0.3 is 0 Å². The Kier molecular flexibility index (Phi) is 32.5. The Morgan fingerprint density at radius 2 is 1.08 bits per heavy atom. The van der Waals surface area contributed by atoms with Gasteiger partial charge in [0.15, 0.2) is 0 Å². The minimum absolute atomic E-state index is 1.16. The van der Waals surface area contributed by atoms with Gasteiger partial charge in [-0.05, 0) is 7.05 Å². The van der Waals surface area contributed by atoms with Gasteiger partial charge in [0.25, 0.3) is 0 Å². The van der Waals surface area contributed by atoms with Crippen LogP contribution in [-0.4, -0.2) is 38.1 Å². The summed E-state index contributed by atoms with van der Waals surface area (Å²) in [6.07, 6.45) is 0. The zero-order valence-electron chi connectivity index (χ0n) is 10.8. The van der Waals surface area contributed by atoms with Gasteiger partial charge in [0.2, 0.25) is 0 Å². The molecule has 1 saturated heterocycles. The first-order valence-electron chi connectivity index (χ1n) is 5.79. The number of hydrogen-bond donors (Lipinski definition) is 1. The van der Waals surface area contributed by atoms with E-state index in [1.54, 1.807) is 0 Å². The van der Waals surface area contributed by atoms with Crippen molar-refractivity contribution in [2.75, 3.05) is 33.2 Å². The second-order valence-corrected chi connectivity index (χ2v) is 2.05. The lowest BCUT2D eigenvalue weighted by Crippen LogP contribution is -2.40. The van der Waals surface area contributed by atoms with E-state index in [-0.39, 0.29) is 0 Å². The highest BCUT2D eigenvalue weighted by molar-refractivity contribution is 4.62. The second kappa shape index (κ2) is 22.7. The molecule has 1 N–H and O–H groups in total. The molecule has 0 spiro atoms. The lowest BCUT2D eigenvalue weighted by Gasteiger charge is -2.21. The van der Waals surface area contributed by atoms with Gasteiger partial charge in [-0.1, -0.05) is 41.5 Å². The molecule has 0 radical (unpaired) electrons. The van der Waals surface area contributed by atoms with E-state index in [4.69, 9.17) is 0 Å². The van der Waals surface area contributed by atoms with Crippen LogP contribution in [-0.2, 0) is 0 Å². The largest absolute Gasteiger partial charge is 0.314 e. The highest BCUT2D eigenvalue weighted by Gasteiger charge is 2.01. The van der Waals surface area contributed by atoms with Crippen molar-refractivity contribution in [3.05, 3.63) is 0 Å². The van der Waals surface area contributed by atoms with Crippen LogP contribution in [0, 0.1) is 0 Å². The predicted octanol–water partition coefficient (Wildman–Crippen LogP) is 2.60. The molecule has 13 heavy (non-hydrogen) atoms. The van der Waals surface area contributed by atoms with Crippen molar-refractivity contribution in [1.82, 2.24) is 10.2 Å². The lowest BCUT2D eigenvalue weighted by molar-refractivity contribution is 0.291. The standard InChI is InChI=1S/C5H12N2.3C2H6/c1-7-4-2-6-3-5-7;3*1-2/h6H,2-5H2,1H3;3*1-2H3. The molecule has 0 unspecified atom stereocenters. The molecular formula is C11H30N2. The second-order valence-electron chi connectivity index (χ2n) is 2.05. The fraction of sp³-hybridized carbons (Fsp3) is 1.00. The summed E-state index contributed by atoms with van der Waals surface area (Å²) < 4.78 is 0. The van der Waals surface area contributed by atoms with Gasteiger partial charge < -0.3 is 10.2 Å². The highest BCUT2D eigenvalue weighted by Crippen LogP contribution is 1.82. The third-order valence-electron chi connectivity index (χ3n) is 1.34. The first-order valence-corrected chi connectivity index (χ1v) is 5.79. The van der Waals surface area contributed by atoms with Crippen LogP contribution in [0.5, 0.6) is 0 Å². The van der Waals surface area contributed by atoms with Crippen LogP contribution < -0.4 is 5.32 Å². The maximum atomic E-state index is 3.27. The molecule has 84 valence electrons. The van der Waals surface area contributed by atoms with Crippen LogP contribution in [0.4, 0.5) is 0 Å². The van der Waals surface area contributed by atoms with E-state index < -0.39 is 0 Å². The van der Waals surface area contributed by atoms with Gasteiger partial charge in [-0.2, -0.15) is 0 Å². The molecule has 0 aromatic carbocycles. The fourth-order valence-electron chi connectivity index (χ4n) is 0.777. The summed E-state index contributed by atoms with van der Waals surface area (Å²) in [6, 6.07) is 0. The number of piperazine rings is 1. The van der Waals surface area contributed by atoms with E-state index in [1.807, 2.05) is 41.5 Å². The molecule has 1 fully saturated rings. The van der Waals surface area contributed by atoms with Crippen molar-refractivity contribution in [2.45, 2.75) is 41.5 Å². The van der Waals surface area contributed by atoms with Gasteiger partial charge in [0, 0.05) is 26.2 Å². The number of nitrogens with zero attached hydrogens (tertiary/aromatic N) is 1. The number of rotatable bonds is 0. The van der Waals surface area contributed by atoms with Crippen molar-refractivity contribution < 1.29 is 0 Å². The average molecular weight is 190 g/mol. The summed E-state index contributed by atoms with van der Waals surface area (Å²) in [5.74, 6) is 0. The Morgan fingerprint density at radius 3 is 1.23 bits per heavy atom. The molecule has 1 aliphatic heterocycles. The van der Waals surface area contributed by atoms with Crippen molar-refractivity contribution in [1.29, 1.82) is 0 Å². The summed E-state index contributed by atoms with van der Waals surface area (Å²) >= 11 is 0. The SMILES string of the molecule is CC.CC.CC.CN1CCNCC1. The van der Waals surface area contributed by atoms with Crippen molar-refractivity contribution in [3.8, 4) is 0 Å². The summed E-state index contributed by atoms with van der Waals surface area (Å²) in [6.45, 7) is 16.7. The Morgan fingerprint density at radius 1 is 0.769 bits per heavy atom. The van der Waals surface area contributed by atoms with Gasteiger partial charge in [0.1, 0.15) is 0 Å². The molecule has 0 amide bonds. The van der Waals surface area contributed by atoms with Crippen LogP contribution in [0.15, 0.2) is 0 Å². The molecule has 1 rings (SSSR count). The van der Waals surface area contributed by atoms with Crippen LogP contribution in [0.3, 0.4) is 0 Å².